The number of aliphatic hydroxyl groups is 1. The summed E-state index contributed by atoms with van der Waals surface area (Å²) in [6, 6.07) is 10.0. The van der Waals surface area contributed by atoms with Crippen LogP contribution >= 0.6 is 0 Å². The maximum Gasteiger partial charge on any atom is 0.0602 e. The second-order valence-electron chi connectivity index (χ2n) is 4.05. The zero-order valence-electron chi connectivity index (χ0n) is 9.52. The van der Waals surface area contributed by atoms with Crippen molar-refractivity contribution in [1.82, 2.24) is 0 Å². The SMILES string of the molecule is CC(C)OCCC(O)Cc1ccccc1. The average Bonchev–Trinajstić information content (AvgIpc) is 2.18. The number of rotatable bonds is 6. The largest absolute Gasteiger partial charge is 0.393 e. The maximum absolute atomic E-state index is 9.74. The van der Waals surface area contributed by atoms with E-state index in [4.69, 9.17) is 4.74 Å². The molecular weight excluding hydrogens is 188 g/mol. The molecular formula is C13H20O2. The highest BCUT2D eigenvalue weighted by atomic mass is 16.5. The predicted molar refractivity (Wildman–Crippen MR) is 61.9 cm³/mol. The van der Waals surface area contributed by atoms with Crippen LogP contribution in [-0.2, 0) is 11.2 Å². The zero-order valence-corrected chi connectivity index (χ0v) is 9.52. The lowest BCUT2D eigenvalue weighted by molar-refractivity contribution is 0.0470. The molecule has 0 aliphatic rings. The van der Waals surface area contributed by atoms with Crippen LogP contribution < -0.4 is 0 Å². The lowest BCUT2D eigenvalue weighted by Gasteiger charge is -2.12. The van der Waals surface area contributed by atoms with Crippen molar-refractivity contribution in [2.45, 2.75) is 38.9 Å². The van der Waals surface area contributed by atoms with Crippen LogP contribution in [0, 0.1) is 0 Å². The Morgan fingerprint density at radius 1 is 1.20 bits per heavy atom. The maximum atomic E-state index is 9.74. The number of ether oxygens (including phenoxy) is 1. The van der Waals surface area contributed by atoms with Crippen LogP contribution in [0.25, 0.3) is 0 Å². The highest BCUT2D eigenvalue weighted by Crippen LogP contribution is 2.06. The minimum atomic E-state index is -0.300. The van der Waals surface area contributed by atoms with Crippen molar-refractivity contribution in [1.29, 1.82) is 0 Å². The van der Waals surface area contributed by atoms with Gasteiger partial charge in [-0.3, -0.25) is 0 Å². The molecule has 0 saturated heterocycles. The Kier molecular flexibility index (Phi) is 5.37. The number of hydrogen-bond acceptors (Lipinski definition) is 2. The second kappa shape index (κ2) is 6.59. The van der Waals surface area contributed by atoms with E-state index >= 15 is 0 Å². The molecule has 2 nitrogen and oxygen atoms in total. The Bertz CT molecular complexity index is 256. The monoisotopic (exact) mass is 208 g/mol. The van der Waals surface area contributed by atoms with Crippen molar-refractivity contribution in [2.75, 3.05) is 6.61 Å². The summed E-state index contributed by atoms with van der Waals surface area (Å²) in [5.74, 6) is 0. The fourth-order valence-electron chi connectivity index (χ4n) is 1.43. The van der Waals surface area contributed by atoms with Gasteiger partial charge in [0.1, 0.15) is 0 Å². The molecule has 0 radical (unpaired) electrons. The fraction of sp³-hybridized carbons (Fsp3) is 0.538. The number of hydrogen-bond donors (Lipinski definition) is 1. The molecule has 0 aliphatic heterocycles. The molecule has 1 N–H and O–H groups in total. The van der Waals surface area contributed by atoms with Gasteiger partial charge >= 0.3 is 0 Å². The van der Waals surface area contributed by atoms with Gasteiger partial charge in [-0.15, -0.1) is 0 Å². The Balaban J connectivity index is 2.21. The normalized spacial score (nSPS) is 13.1. The molecule has 0 heterocycles. The van der Waals surface area contributed by atoms with Gasteiger partial charge < -0.3 is 9.84 Å². The van der Waals surface area contributed by atoms with Crippen molar-refractivity contribution in [2.24, 2.45) is 0 Å². The number of aliphatic hydroxyl groups excluding tert-OH is 1. The van der Waals surface area contributed by atoms with Gasteiger partial charge in [-0.1, -0.05) is 30.3 Å². The molecule has 1 aromatic carbocycles. The van der Waals surface area contributed by atoms with Crippen molar-refractivity contribution < 1.29 is 9.84 Å². The molecule has 0 bridgehead atoms. The molecule has 0 aromatic heterocycles. The summed E-state index contributed by atoms with van der Waals surface area (Å²) >= 11 is 0. The number of benzene rings is 1. The fourth-order valence-corrected chi connectivity index (χ4v) is 1.43. The van der Waals surface area contributed by atoms with E-state index in [0.717, 1.165) is 0 Å². The predicted octanol–water partition coefficient (Wildman–Crippen LogP) is 2.41. The first-order valence-corrected chi connectivity index (χ1v) is 5.52. The summed E-state index contributed by atoms with van der Waals surface area (Å²) in [7, 11) is 0. The molecule has 0 fully saturated rings. The van der Waals surface area contributed by atoms with Crippen LogP contribution in [0.15, 0.2) is 30.3 Å². The van der Waals surface area contributed by atoms with E-state index < -0.39 is 0 Å². The van der Waals surface area contributed by atoms with Gasteiger partial charge in [0.05, 0.1) is 12.2 Å². The van der Waals surface area contributed by atoms with Crippen LogP contribution in [0.1, 0.15) is 25.8 Å². The van der Waals surface area contributed by atoms with Crippen molar-refractivity contribution in [3.8, 4) is 0 Å². The summed E-state index contributed by atoms with van der Waals surface area (Å²) < 4.78 is 5.39. The van der Waals surface area contributed by atoms with E-state index in [9.17, 15) is 5.11 Å². The molecule has 1 atom stereocenters. The summed E-state index contributed by atoms with van der Waals surface area (Å²) in [6.45, 7) is 4.64. The van der Waals surface area contributed by atoms with Crippen LogP contribution in [-0.4, -0.2) is 23.9 Å². The zero-order chi connectivity index (χ0) is 11.1. The van der Waals surface area contributed by atoms with Gasteiger partial charge in [0.15, 0.2) is 0 Å². The Morgan fingerprint density at radius 3 is 2.47 bits per heavy atom. The molecule has 1 unspecified atom stereocenters. The smallest absolute Gasteiger partial charge is 0.0602 e. The van der Waals surface area contributed by atoms with Crippen molar-refractivity contribution >= 4 is 0 Å². The molecule has 0 amide bonds. The summed E-state index contributed by atoms with van der Waals surface area (Å²) in [5, 5.41) is 9.74. The average molecular weight is 208 g/mol. The first-order chi connectivity index (χ1) is 7.18. The van der Waals surface area contributed by atoms with Crippen LogP contribution in [0.4, 0.5) is 0 Å². The van der Waals surface area contributed by atoms with Crippen molar-refractivity contribution in [3.63, 3.8) is 0 Å². The highest BCUT2D eigenvalue weighted by Gasteiger charge is 2.05. The standard InChI is InChI=1S/C13H20O2/c1-11(2)15-9-8-13(14)10-12-6-4-3-5-7-12/h3-7,11,13-14H,8-10H2,1-2H3. The van der Waals surface area contributed by atoms with E-state index in [0.29, 0.717) is 19.4 Å². The van der Waals surface area contributed by atoms with E-state index in [2.05, 4.69) is 0 Å². The van der Waals surface area contributed by atoms with Crippen LogP contribution in [0.3, 0.4) is 0 Å². The van der Waals surface area contributed by atoms with Gasteiger partial charge in [0, 0.05) is 6.61 Å². The Hall–Kier alpha value is -0.860. The van der Waals surface area contributed by atoms with E-state index in [1.54, 1.807) is 0 Å². The summed E-state index contributed by atoms with van der Waals surface area (Å²) in [6.07, 6.45) is 1.36. The molecule has 1 rings (SSSR count). The van der Waals surface area contributed by atoms with Gasteiger partial charge in [-0.25, -0.2) is 0 Å². The van der Waals surface area contributed by atoms with Crippen LogP contribution in [0.2, 0.25) is 0 Å². The van der Waals surface area contributed by atoms with E-state index in [1.807, 2.05) is 44.2 Å². The van der Waals surface area contributed by atoms with Gasteiger partial charge in [-0.2, -0.15) is 0 Å². The van der Waals surface area contributed by atoms with Gasteiger partial charge in [0.25, 0.3) is 0 Å². The molecule has 84 valence electrons. The van der Waals surface area contributed by atoms with Crippen LogP contribution in [0.5, 0.6) is 0 Å². The minimum absolute atomic E-state index is 0.244. The lowest BCUT2D eigenvalue weighted by atomic mass is 10.1. The molecule has 0 spiro atoms. The highest BCUT2D eigenvalue weighted by molar-refractivity contribution is 5.15. The van der Waals surface area contributed by atoms with Gasteiger partial charge in [0.2, 0.25) is 0 Å². The first-order valence-electron chi connectivity index (χ1n) is 5.52. The minimum Gasteiger partial charge on any atom is -0.393 e. The van der Waals surface area contributed by atoms with Crippen molar-refractivity contribution in [3.05, 3.63) is 35.9 Å². The topological polar surface area (TPSA) is 29.5 Å². The summed E-state index contributed by atoms with van der Waals surface area (Å²) in [4.78, 5) is 0. The Morgan fingerprint density at radius 2 is 1.87 bits per heavy atom. The quantitative estimate of drug-likeness (QED) is 0.778. The second-order valence-corrected chi connectivity index (χ2v) is 4.05. The molecule has 15 heavy (non-hydrogen) atoms. The third-order valence-corrected chi connectivity index (χ3v) is 2.22. The first kappa shape index (κ1) is 12.2. The van der Waals surface area contributed by atoms with E-state index in [-0.39, 0.29) is 12.2 Å². The lowest BCUT2D eigenvalue weighted by Crippen LogP contribution is -2.15. The Labute approximate surface area is 91.9 Å². The molecule has 0 aliphatic carbocycles. The third kappa shape index (κ3) is 5.55. The van der Waals surface area contributed by atoms with E-state index in [1.165, 1.54) is 5.56 Å². The molecule has 1 aromatic rings. The molecule has 2 heteroatoms. The molecule has 0 saturated carbocycles. The summed E-state index contributed by atoms with van der Waals surface area (Å²) in [5.41, 5.74) is 1.18. The van der Waals surface area contributed by atoms with Gasteiger partial charge in [-0.05, 0) is 32.3 Å². The third-order valence-electron chi connectivity index (χ3n) is 2.22.